The average Bonchev–Trinajstić information content (AvgIpc) is 3.26. The first-order valence-corrected chi connectivity index (χ1v) is 5.88. The van der Waals surface area contributed by atoms with Crippen molar-refractivity contribution in [1.29, 1.82) is 0 Å². The molecule has 0 amide bonds. The summed E-state index contributed by atoms with van der Waals surface area (Å²) in [6.07, 6.45) is 1.45. The zero-order valence-corrected chi connectivity index (χ0v) is 10.3. The first kappa shape index (κ1) is 13.3. The third-order valence-corrected chi connectivity index (χ3v) is 2.50. The van der Waals surface area contributed by atoms with Crippen LogP contribution in [0, 0.1) is 0 Å². The van der Waals surface area contributed by atoms with Crippen LogP contribution in [0.5, 0.6) is 0 Å². The lowest BCUT2D eigenvalue weighted by atomic mass is 10.1. The third kappa shape index (κ3) is 3.66. The molecule has 1 aliphatic rings. The molecule has 1 fully saturated rings. The van der Waals surface area contributed by atoms with Crippen LogP contribution in [-0.2, 0) is 14.2 Å². The Morgan fingerprint density at radius 3 is 2.37 bits per heavy atom. The number of esters is 2. The Bertz CT molecular complexity index is 490. The molecule has 19 heavy (non-hydrogen) atoms. The van der Waals surface area contributed by atoms with Crippen LogP contribution in [0.2, 0.25) is 0 Å². The van der Waals surface area contributed by atoms with E-state index in [-0.39, 0.29) is 30.4 Å². The molecule has 2 rings (SSSR count). The van der Waals surface area contributed by atoms with Gasteiger partial charge in [-0.05, 0) is 12.1 Å². The van der Waals surface area contributed by atoms with Gasteiger partial charge in [-0.15, -0.1) is 0 Å². The van der Waals surface area contributed by atoms with Gasteiger partial charge in [-0.25, -0.2) is 9.59 Å². The van der Waals surface area contributed by atoms with E-state index in [1.165, 1.54) is 18.2 Å². The molecule has 0 aliphatic carbocycles. The van der Waals surface area contributed by atoms with Crippen molar-refractivity contribution in [1.82, 2.24) is 0 Å². The van der Waals surface area contributed by atoms with E-state index in [9.17, 15) is 9.59 Å². The van der Waals surface area contributed by atoms with Gasteiger partial charge >= 0.3 is 11.9 Å². The summed E-state index contributed by atoms with van der Waals surface area (Å²) < 4.78 is 14.9. The van der Waals surface area contributed by atoms with Crippen molar-refractivity contribution < 1.29 is 23.8 Å². The number of carbonyl (C=O) groups excluding carboxylic acids is 2. The standard InChI is InChI=1S/C14H14O5/c1-2-7-17-13(15)11-5-3-4-6-12(11)14(16)19-9-10-8-18-10/h2-6,10H,1,7-9H2/t10-/m1/s1. The second kappa shape index (κ2) is 6.15. The van der Waals surface area contributed by atoms with E-state index in [1.54, 1.807) is 12.1 Å². The van der Waals surface area contributed by atoms with Crippen LogP contribution in [0.3, 0.4) is 0 Å². The van der Waals surface area contributed by atoms with Gasteiger partial charge in [0.15, 0.2) is 0 Å². The summed E-state index contributed by atoms with van der Waals surface area (Å²) in [5.74, 6) is -1.13. The molecule has 0 bridgehead atoms. The summed E-state index contributed by atoms with van der Waals surface area (Å²) >= 11 is 0. The molecular formula is C14H14O5. The fourth-order valence-corrected chi connectivity index (χ4v) is 1.46. The highest BCUT2D eigenvalue weighted by Gasteiger charge is 2.26. The Kier molecular flexibility index (Phi) is 4.30. The third-order valence-electron chi connectivity index (χ3n) is 2.50. The Morgan fingerprint density at radius 1 is 1.26 bits per heavy atom. The monoisotopic (exact) mass is 262 g/mol. The quantitative estimate of drug-likeness (QED) is 0.442. The number of benzene rings is 1. The average molecular weight is 262 g/mol. The molecule has 1 aromatic rings. The van der Waals surface area contributed by atoms with Gasteiger partial charge in [0.25, 0.3) is 0 Å². The number of hydrogen-bond acceptors (Lipinski definition) is 5. The Hall–Kier alpha value is -2.14. The Labute approximate surface area is 110 Å². The van der Waals surface area contributed by atoms with Gasteiger partial charge < -0.3 is 14.2 Å². The van der Waals surface area contributed by atoms with Crippen LogP contribution in [-0.4, -0.2) is 37.9 Å². The Balaban J connectivity index is 2.07. The van der Waals surface area contributed by atoms with E-state index in [1.807, 2.05) is 0 Å². The second-order valence-corrected chi connectivity index (χ2v) is 3.99. The number of hydrogen-bond donors (Lipinski definition) is 0. The van der Waals surface area contributed by atoms with Crippen LogP contribution >= 0.6 is 0 Å². The van der Waals surface area contributed by atoms with Gasteiger partial charge in [0.05, 0.1) is 17.7 Å². The van der Waals surface area contributed by atoms with Gasteiger partial charge in [0.2, 0.25) is 0 Å². The van der Waals surface area contributed by atoms with Crippen molar-refractivity contribution in [3.63, 3.8) is 0 Å². The molecule has 0 saturated carbocycles. The van der Waals surface area contributed by atoms with Crippen LogP contribution in [0.1, 0.15) is 20.7 Å². The largest absolute Gasteiger partial charge is 0.459 e. The summed E-state index contributed by atoms with van der Waals surface area (Å²) in [7, 11) is 0. The molecule has 0 spiro atoms. The smallest absolute Gasteiger partial charge is 0.339 e. The van der Waals surface area contributed by atoms with Gasteiger partial charge in [0.1, 0.15) is 19.3 Å². The summed E-state index contributed by atoms with van der Waals surface area (Å²) in [5, 5.41) is 0. The number of epoxide rings is 1. The van der Waals surface area contributed by atoms with Crippen molar-refractivity contribution >= 4 is 11.9 Å². The number of ether oxygens (including phenoxy) is 3. The van der Waals surface area contributed by atoms with Crippen LogP contribution in [0.15, 0.2) is 36.9 Å². The molecule has 0 N–H and O–H groups in total. The summed E-state index contributed by atoms with van der Waals surface area (Å²) in [4.78, 5) is 23.6. The van der Waals surface area contributed by atoms with Crippen LogP contribution < -0.4 is 0 Å². The van der Waals surface area contributed by atoms with Crippen molar-refractivity contribution in [2.75, 3.05) is 19.8 Å². The zero-order chi connectivity index (χ0) is 13.7. The second-order valence-electron chi connectivity index (χ2n) is 3.99. The lowest BCUT2D eigenvalue weighted by Gasteiger charge is -2.08. The highest BCUT2D eigenvalue weighted by atomic mass is 16.6. The lowest BCUT2D eigenvalue weighted by Crippen LogP contribution is -2.15. The zero-order valence-electron chi connectivity index (χ0n) is 10.3. The first-order valence-electron chi connectivity index (χ1n) is 5.88. The van der Waals surface area contributed by atoms with Crippen LogP contribution in [0.4, 0.5) is 0 Å². The molecule has 100 valence electrons. The minimum absolute atomic E-state index is 0.0103. The van der Waals surface area contributed by atoms with Gasteiger partial charge in [-0.1, -0.05) is 24.8 Å². The molecule has 0 radical (unpaired) electrons. The summed E-state index contributed by atoms with van der Waals surface area (Å²) in [5.41, 5.74) is 0.378. The predicted octanol–water partition coefficient (Wildman–Crippen LogP) is 1.58. The maximum atomic E-state index is 11.9. The fraction of sp³-hybridized carbons (Fsp3) is 0.286. The van der Waals surface area contributed by atoms with Gasteiger partial charge in [0, 0.05) is 0 Å². The minimum atomic E-state index is -0.574. The molecular weight excluding hydrogens is 248 g/mol. The Morgan fingerprint density at radius 2 is 1.84 bits per heavy atom. The topological polar surface area (TPSA) is 65.1 Å². The van der Waals surface area contributed by atoms with E-state index < -0.39 is 11.9 Å². The van der Waals surface area contributed by atoms with Crippen molar-refractivity contribution in [2.45, 2.75) is 6.10 Å². The fourth-order valence-electron chi connectivity index (χ4n) is 1.46. The molecule has 5 nitrogen and oxygen atoms in total. The molecule has 1 atom stereocenters. The minimum Gasteiger partial charge on any atom is -0.459 e. The van der Waals surface area contributed by atoms with Gasteiger partial charge in [-0.2, -0.15) is 0 Å². The summed E-state index contributed by atoms with van der Waals surface area (Å²) in [6, 6.07) is 6.37. The van der Waals surface area contributed by atoms with Crippen LogP contribution in [0.25, 0.3) is 0 Å². The number of carbonyl (C=O) groups is 2. The van der Waals surface area contributed by atoms with E-state index in [0.29, 0.717) is 6.61 Å². The first-order chi connectivity index (χ1) is 9.22. The molecule has 1 saturated heterocycles. The SMILES string of the molecule is C=CCOC(=O)c1ccccc1C(=O)OC[C@H]1CO1. The maximum Gasteiger partial charge on any atom is 0.339 e. The molecule has 0 unspecified atom stereocenters. The molecule has 1 heterocycles. The van der Waals surface area contributed by atoms with Crippen molar-refractivity contribution in [3.05, 3.63) is 48.0 Å². The van der Waals surface area contributed by atoms with Gasteiger partial charge in [-0.3, -0.25) is 0 Å². The highest BCUT2D eigenvalue weighted by Crippen LogP contribution is 2.14. The lowest BCUT2D eigenvalue weighted by molar-refractivity contribution is 0.0454. The normalized spacial score (nSPS) is 16.5. The molecule has 1 aromatic carbocycles. The van der Waals surface area contributed by atoms with E-state index in [4.69, 9.17) is 14.2 Å². The van der Waals surface area contributed by atoms with E-state index in [0.717, 1.165) is 0 Å². The van der Waals surface area contributed by atoms with E-state index in [2.05, 4.69) is 6.58 Å². The summed E-state index contributed by atoms with van der Waals surface area (Å²) in [6.45, 7) is 4.36. The highest BCUT2D eigenvalue weighted by molar-refractivity contribution is 6.03. The molecule has 5 heteroatoms. The maximum absolute atomic E-state index is 11.9. The molecule has 1 aliphatic heterocycles. The predicted molar refractivity (Wildman–Crippen MR) is 66.9 cm³/mol. The van der Waals surface area contributed by atoms with E-state index >= 15 is 0 Å². The number of rotatable bonds is 6. The van der Waals surface area contributed by atoms with Crippen molar-refractivity contribution in [3.8, 4) is 0 Å². The molecule has 0 aromatic heterocycles. The van der Waals surface area contributed by atoms with Crippen molar-refractivity contribution in [2.24, 2.45) is 0 Å².